The molecule has 0 spiro atoms. The van der Waals surface area contributed by atoms with Gasteiger partial charge in [-0.3, -0.25) is 4.79 Å². The number of ether oxygens (including phenoxy) is 2. The zero-order valence-electron chi connectivity index (χ0n) is 10.9. The standard InChI is InChI=1S/C13H18BrNO3/c1-15(13(16)6-7-14)9-10-4-5-11(17-2)8-12(10)18-3/h4-5,8H,6-7,9H2,1-3H3. The van der Waals surface area contributed by atoms with Crippen LogP contribution in [0.25, 0.3) is 0 Å². The highest BCUT2D eigenvalue weighted by molar-refractivity contribution is 9.09. The van der Waals surface area contributed by atoms with Crippen molar-refractivity contribution in [1.29, 1.82) is 0 Å². The van der Waals surface area contributed by atoms with Crippen LogP contribution in [0, 0.1) is 0 Å². The molecule has 5 heteroatoms. The molecule has 1 aromatic carbocycles. The van der Waals surface area contributed by atoms with Crippen molar-refractivity contribution in [3.63, 3.8) is 0 Å². The molecule has 0 radical (unpaired) electrons. The van der Waals surface area contributed by atoms with Crippen LogP contribution >= 0.6 is 15.9 Å². The fraction of sp³-hybridized carbons (Fsp3) is 0.462. The monoisotopic (exact) mass is 315 g/mol. The van der Waals surface area contributed by atoms with Crippen LogP contribution < -0.4 is 9.47 Å². The molecule has 0 atom stereocenters. The quantitative estimate of drug-likeness (QED) is 0.757. The third-order valence-electron chi connectivity index (χ3n) is 2.64. The van der Waals surface area contributed by atoms with Gasteiger partial charge in [-0.1, -0.05) is 15.9 Å². The maximum absolute atomic E-state index is 11.7. The molecule has 0 unspecified atom stereocenters. The minimum Gasteiger partial charge on any atom is -0.497 e. The van der Waals surface area contributed by atoms with Crippen LogP contribution in [0.5, 0.6) is 11.5 Å². The normalized spacial score (nSPS) is 10.0. The number of carbonyl (C=O) groups is 1. The van der Waals surface area contributed by atoms with Crippen LogP contribution in [0.2, 0.25) is 0 Å². The Morgan fingerprint density at radius 2 is 2.06 bits per heavy atom. The summed E-state index contributed by atoms with van der Waals surface area (Å²) in [7, 11) is 5.01. The van der Waals surface area contributed by atoms with E-state index >= 15 is 0 Å². The molecule has 0 N–H and O–H groups in total. The number of hydrogen-bond acceptors (Lipinski definition) is 3. The van der Waals surface area contributed by atoms with Crippen molar-refractivity contribution in [3.05, 3.63) is 23.8 Å². The van der Waals surface area contributed by atoms with Gasteiger partial charge in [-0.2, -0.15) is 0 Å². The average Bonchev–Trinajstić information content (AvgIpc) is 2.39. The maximum Gasteiger partial charge on any atom is 0.223 e. The summed E-state index contributed by atoms with van der Waals surface area (Å²) in [6.45, 7) is 0.527. The van der Waals surface area contributed by atoms with E-state index in [1.165, 1.54) is 0 Å². The molecule has 0 bridgehead atoms. The first-order valence-electron chi connectivity index (χ1n) is 5.63. The van der Waals surface area contributed by atoms with Crippen molar-refractivity contribution in [1.82, 2.24) is 4.90 Å². The van der Waals surface area contributed by atoms with Gasteiger partial charge in [-0.25, -0.2) is 0 Å². The number of carbonyl (C=O) groups excluding carboxylic acids is 1. The summed E-state index contributed by atoms with van der Waals surface area (Å²) in [6, 6.07) is 5.59. The molecule has 0 saturated heterocycles. The molecule has 1 amide bonds. The highest BCUT2D eigenvalue weighted by Gasteiger charge is 2.12. The second-order valence-electron chi connectivity index (χ2n) is 3.87. The minimum atomic E-state index is 0.102. The topological polar surface area (TPSA) is 38.8 Å². The molecule has 0 aliphatic rings. The summed E-state index contributed by atoms with van der Waals surface area (Å²) in [4.78, 5) is 13.4. The second-order valence-corrected chi connectivity index (χ2v) is 4.66. The van der Waals surface area contributed by atoms with E-state index in [1.54, 1.807) is 26.2 Å². The largest absolute Gasteiger partial charge is 0.497 e. The van der Waals surface area contributed by atoms with E-state index in [0.717, 1.165) is 17.1 Å². The van der Waals surface area contributed by atoms with Gasteiger partial charge >= 0.3 is 0 Å². The first-order valence-corrected chi connectivity index (χ1v) is 6.75. The average molecular weight is 316 g/mol. The zero-order chi connectivity index (χ0) is 13.5. The van der Waals surface area contributed by atoms with E-state index in [9.17, 15) is 4.79 Å². The number of benzene rings is 1. The van der Waals surface area contributed by atoms with Crippen molar-refractivity contribution in [2.75, 3.05) is 26.6 Å². The first kappa shape index (κ1) is 14.8. The molecule has 0 aliphatic heterocycles. The predicted octanol–water partition coefficient (Wildman–Crippen LogP) is 2.45. The fourth-order valence-corrected chi connectivity index (χ4v) is 1.94. The van der Waals surface area contributed by atoms with E-state index in [-0.39, 0.29) is 5.91 Å². The van der Waals surface area contributed by atoms with Gasteiger partial charge in [0.15, 0.2) is 0 Å². The number of methoxy groups -OCH3 is 2. The number of amides is 1. The molecule has 4 nitrogen and oxygen atoms in total. The lowest BCUT2D eigenvalue weighted by atomic mass is 10.1. The third kappa shape index (κ3) is 3.91. The Morgan fingerprint density at radius 3 is 2.61 bits per heavy atom. The SMILES string of the molecule is COc1ccc(CN(C)C(=O)CCBr)c(OC)c1. The predicted molar refractivity (Wildman–Crippen MR) is 74.4 cm³/mol. The molecule has 0 saturated carbocycles. The Morgan fingerprint density at radius 1 is 1.33 bits per heavy atom. The first-order chi connectivity index (χ1) is 8.62. The lowest BCUT2D eigenvalue weighted by Crippen LogP contribution is -2.26. The summed E-state index contributed by atoms with van der Waals surface area (Å²) in [5.41, 5.74) is 0.962. The number of hydrogen-bond donors (Lipinski definition) is 0. The Bertz CT molecular complexity index is 409. The van der Waals surface area contributed by atoms with Gasteiger partial charge in [0.2, 0.25) is 5.91 Å². The molecule has 100 valence electrons. The molecular formula is C13H18BrNO3. The Kier molecular flexibility index (Phi) is 5.98. The summed E-state index contributed by atoms with van der Waals surface area (Å²) in [5.74, 6) is 1.57. The van der Waals surface area contributed by atoms with Crippen LogP contribution in [-0.2, 0) is 11.3 Å². The van der Waals surface area contributed by atoms with Gasteiger partial charge in [0, 0.05) is 37.0 Å². The zero-order valence-corrected chi connectivity index (χ0v) is 12.5. The van der Waals surface area contributed by atoms with Gasteiger partial charge in [-0.15, -0.1) is 0 Å². The van der Waals surface area contributed by atoms with E-state index in [4.69, 9.17) is 9.47 Å². The van der Waals surface area contributed by atoms with E-state index in [0.29, 0.717) is 18.3 Å². The molecule has 18 heavy (non-hydrogen) atoms. The third-order valence-corrected chi connectivity index (χ3v) is 3.03. The van der Waals surface area contributed by atoms with Crippen molar-refractivity contribution in [3.8, 4) is 11.5 Å². The van der Waals surface area contributed by atoms with Gasteiger partial charge in [-0.05, 0) is 12.1 Å². The van der Waals surface area contributed by atoms with Gasteiger partial charge in [0.05, 0.1) is 14.2 Å². The molecular weight excluding hydrogens is 298 g/mol. The van der Waals surface area contributed by atoms with E-state index in [1.807, 2.05) is 18.2 Å². The molecule has 0 aliphatic carbocycles. The summed E-state index contributed by atoms with van der Waals surface area (Å²) in [5, 5.41) is 0.677. The van der Waals surface area contributed by atoms with Crippen molar-refractivity contribution >= 4 is 21.8 Å². The minimum absolute atomic E-state index is 0.102. The van der Waals surface area contributed by atoms with Gasteiger partial charge in [0.1, 0.15) is 11.5 Å². The van der Waals surface area contributed by atoms with E-state index < -0.39 is 0 Å². The van der Waals surface area contributed by atoms with Gasteiger partial charge in [0.25, 0.3) is 0 Å². The van der Waals surface area contributed by atoms with Crippen LogP contribution in [-0.4, -0.2) is 37.4 Å². The van der Waals surface area contributed by atoms with Crippen molar-refractivity contribution in [2.45, 2.75) is 13.0 Å². The maximum atomic E-state index is 11.7. The molecule has 0 aromatic heterocycles. The number of alkyl halides is 1. The number of halogens is 1. The molecule has 1 rings (SSSR count). The molecule has 1 aromatic rings. The highest BCUT2D eigenvalue weighted by atomic mass is 79.9. The second kappa shape index (κ2) is 7.26. The highest BCUT2D eigenvalue weighted by Crippen LogP contribution is 2.25. The Hall–Kier alpha value is -1.23. The smallest absolute Gasteiger partial charge is 0.223 e. The Balaban J connectivity index is 2.80. The fourth-order valence-electron chi connectivity index (χ4n) is 1.60. The summed E-state index contributed by atoms with van der Waals surface area (Å²) < 4.78 is 10.4. The molecule has 0 fully saturated rings. The van der Waals surface area contributed by atoms with Gasteiger partial charge < -0.3 is 14.4 Å². The number of nitrogens with zero attached hydrogens (tertiary/aromatic N) is 1. The van der Waals surface area contributed by atoms with Crippen LogP contribution in [0.1, 0.15) is 12.0 Å². The summed E-state index contributed by atoms with van der Waals surface area (Å²) >= 11 is 3.26. The lowest BCUT2D eigenvalue weighted by Gasteiger charge is -2.18. The van der Waals surface area contributed by atoms with Crippen LogP contribution in [0.15, 0.2) is 18.2 Å². The van der Waals surface area contributed by atoms with Crippen molar-refractivity contribution < 1.29 is 14.3 Å². The van der Waals surface area contributed by atoms with E-state index in [2.05, 4.69) is 15.9 Å². The Labute approximate surface area is 116 Å². The lowest BCUT2D eigenvalue weighted by molar-refractivity contribution is -0.129. The number of rotatable bonds is 6. The van der Waals surface area contributed by atoms with Crippen LogP contribution in [0.3, 0.4) is 0 Å². The van der Waals surface area contributed by atoms with Crippen LogP contribution in [0.4, 0.5) is 0 Å². The summed E-state index contributed by atoms with van der Waals surface area (Å²) in [6.07, 6.45) is 0.495. The molecule has 0 heterocycles. The van der Waals surface area contributed by atoms with Crippen molar-refractivity contribution in [2.24, 2.45) is 0 Å².